The number of nitrogens with zero attached hydrogens (tertiary/aromatic N) is 3. The molecule has 0 bridgehead atoms. The first-order chi connectivity index (χ1) is 6.39. The molecule has 0 atom stereocenters. The van der Waals surface area contributed by atoms with Gasteiger partial charge in [-0.15, -0.1) is 5.10 Å². The Labute approximate surface area is 86.8 Å². The maximum absolute atomic E-state index is 5.56. The van der Waals surface area contributed by atoms with Crippen molar-refractivity contribution in [2.45, 2.75) is 33.1 Å². The van der Waals surface area contributed by atoms with Crippen LogP contribution in [0.25, 0.3) is 4.96 Å². The number of hydrogen-bond donors (Lipinski definition) is 1. The molecule has 0 amide bonds. The van der Waals surface area contributed by atoms with Crippen LogP contribution in [0.4, 0.5) is 5.95 Å². The van der Waals surface area contributed by atoms with Crippen molar-refractivity contribution in [2.24, 2.45) is 0 Å². The fraction of sp³-hybridized carbons (Fsp3) is 0.556. The monoisotopic (exact) mass is 210 g/mol. The molecule has 0 spiro atoms. The molecule has 5 heteroatoms. The van der Waals surface area contributed by atoms with Crippen molar-refractivity contribution in [2.75, 3.05) is 5.73 Å². The third kappa shape index (κ3) is 1.28. The Morgan fingerprint density at radius 3 is 2.57 bits per heavy atom. The van der Waals surface area contributed by atoms with Gasteiger partial charge in [0, 0.05) is 10.3 Å². The van der Waals surface area contributed by atoms with E-state index in [0.717, 1.165) is 4.96 Å². The van der Waals surface area contributed by atoms with Gasteiger partial charge in [-0.2, -0.15) is 4.98 Å². The van der Waals surface area contributed by atoms with Gasteiger partial charge < -0.3 is 5.73 Å². The summed E-state index contributed by atoms with van der Waals surface area (Å²) >= 11 is 1.64. The van der Waals surface area contributed by atoms with Crippen molar-refractivity contribution in [3.8, 4) is 0 Å². The topological polar surface area (TPSA) is 56.2 Å². The molecule has 0 radical (unpaired) electrons. The predicted molar refractivity (Wildman–Crippen MR) is 58.7 cm³/mol. The number of aryl methyl sites for hydroxylation is 1. The average Bonchev–Trinajstić information content (AvgIpc) is 2.38. The predicted octanol–water partition coefficient (Wildman–Crippen LogP) is 1.98. The summed E-state index contributed by atoms with van der Waals surface area (Å²) in [5, 5.41) is 4.19. The number of rotatable bonds is 0. The zero-order valence-corrected chi connectivity index (χ0v) is 9.64. The van der Waals surface area contributed by atoms with Crippen molar-refractivity contribution in [3.63, 3.8) is 0 Å². The summed E-state index contributed by atoms with van der Waals surface area (Å²) in [6.07, 6.45) is 0. The van der Waals surface area contributed by atoms with Gasteiger partial charge in [-0.25, -0.2) is 4.52 Å². The van der Waals surface area contributed by atoms with Gasteiger partial charge in [-0.3, -0.25) is 0 Å². The zero-order valence-electron chi connectivity index (χ0n) is 8.83. The average molecular weight is 210 g/mol. The Bertz CT molecular complexity index is 475. The normalized spacial score (nSPS) is 12.6. The Balaban J connectivity index is 2.78. The van der Waals surface area contributed by atoms with Crippen LogP contribution in [0.1, 0.15) is 31.3 Å². The second kappa shape index (κ2) is 2.70. The molecule has 0 saturated heterocycles. The van der Waals surface area contributed by atoms with Gasteiger partial charge in [0.15, 0.2) is 0 Å². The van der Waals surface area contributed by atoms with Crippen LogP contribution in [0.5, 0.6) is 0 Å². The summed E-state index contributed by atoms with van der Waals surface area (Å²) < 4.78 is 1.86. The number of nitrogens with two attached hydrogens (primary N) is 1. The maximum atomic E-state index is 5.56. The third-order valence-corrected chi connectivity index (χ3v) is 3.04. The van der Waals surface area contributed by atoms with Crippen molar-refractivity contribution >= 4 is 22.2 Å². The minimum atomic E-state index is 0.0719. The van der Waals surface area contributed by atoms with Crippen LogP contribution in [-0.4, -0.2) is 14.6 Å². The fourth-order valence-electron chi connectivity index (χ4n) is 1.70. The van der Waals surface area contributed by atoms with E-state index in [9.17, 15) is 0 Å². The fourth-order valence-corrected chi connectivity index (χ4v) is 2.83. The summed E-state index contributed by atoms with van der Waals surface area (Å²) in [5.74, 6) is 0.349. The summed E-state index contributed by atoms with van der Waals surface area (Å²) in [6, 6.07) is 0. The Morgan fingerprint density at radius 2 is 2.00 bits per heavy atom. The molecule has 2 aromatic heterocycles. The lowest BCUT2D eigenvalue weighted by molar-refractivity contribution is 0.549. The van der Waals surface area contributed by atoms with E-state index in [1.165, 1.54) is 10.6 Å². The molecule has 0 aliphatic heterocycles. The lowest BCUT2D eigenvalue weighted by Gasteiger charge is -2.17. The highest BCUT2D eigenvalue weighted by Gasteiger charge is 2.23. The van der Waals surface area contributed by atoms with Gasteiger partial charge in [0.05, 0.1) is 5.69 Å². The highest BCUT2D eigenvalue weighted by molar-refractivity contribution is 7.17. The first kappa shape index (κ1) is 9.45. The van der Waals surface area contributed by atoms with E-state index in [1.54, 1.807) is 11.3 Å². The van der Waals surface area contributed by atoms with Gasteiger partial charge >= 0.3 is 0 Å². The van der Waals surface area contributed by atoms with Gasteiger partial charge in [0.25, 0.3) is 0 Å². The van der Waals surface area contributed by atoms with Crippen LogP contribution in [0, 0.1) is 6.92 Å². The molecular weight excluding hydrogens is 196 g/mol. The van der Waals surface area contributed by atoms with Crippen molar-refractivity contribution < 1.29 is 0 Å². The number of anilines is 1. The van der Waals surface area contributed by atoms with Crippen LogP contribution in [0.15, 0.2) is 0 Å². The maximum Gasteiger partial charge on any atom is 0.241 e. The Morgan fingerprint density at radius 1 is 1.36 bits per heavy atom. The van der Waals surface area contributed by atoms with Crippen LogP contribution in [-0.2, 0) is 5.41 Å². The van der Waals surface area contributed by atoms with Crippen LogP contribution >= 0.6 is 11.3 Å². The standard InChI is InChI=1S/C9H14N4S/c1-5-6(9(2,3)4)13-8(14-5)11-7(10)12-13/h1-4H3,(H2,10,12). The van der Waals surface area contributed by atoms with E-state index < -0.39 is 0 Å². The van der Waals surface area contributed by atoms with Crippen LogP contribution in [0.3, 0.4) is 0 Å². The van der Waals surface area contributed by atoms with E-state index >= 15 is 0 Å². The highest BCUT2D eigenvalue weighted by atomic mass is 32.1. The van der Waals surface area contributed by atoms with E-state index in [4.69, 9.17) is 5.73 Å². The summed E-state index contributed by atoms with van der Waals surface area (Å²) in [7, 11) is 0. The SMILES string of the molecule is Cc1sc2nc(N)nn2c1C(C)(C)C. The van der Waals surface area contributed by atoms with Crippen molar-refractivity contribution in [3.05, 3.63) is 10.6 Å². The van der Waals surface area contributed by atoms with E-state index in [1.807, 2.05) is 4.52 Å². The molecule has 2 aromatic rings. The highest BCUT2D eigenvalue weighted by Crippen LogP contribution is 2.31. The van der Waals surface area contributed by atoms with Gasteiger partial charge in [0.2, 0.25) is 10.9 Å². The second-order valence-electron chi connectivity index (χ2n) is 4.42. The van der Waals surface area contributed by atoms with E-state index in [0.29, 0.717) is 5.95 Å². The number of aromatic nitrogens is 3. The largest absolute Gasteiger partial charge is 0.366 e. The molecule has 76 valence electrons. The van der Waals surface area contributed by atoms with E-state index in [-0.39, 0.29) is 5.41 Å². The van der Waals surface area contributed by atoms with Crippen molar-refractivity contribution in [1.82, 2.24) is 14.6 Å². The Kier molecular flexibility index (Phi) is 1.82. The quantitative estimate of drug-likeness (QED) is 0.723. The molecule has 0 fully saturated rings. The number of nitrogen functional groups attached to an aromatic ring is 1. The molecular formula is C9H14N4S. The minimum absolute atomic E-state index is 0.0719. The molecule has 0 aliphatic rings. The molecule has 4 nitrogen and oxygen atoms in total. The van der Waals surface area contributed by atoms with Crippen LogP contribution in [0.2, 0.25) is 0 Å². The summed E-state index contributed by atoms with van der Waals surface area (Å²) in [5.41, 5.74) is 6.83. The summed E-state index contributed by atoms with van der Waals surface area (Å²) in [6.45, 7) is 8.59. The number of hydrogen-bond acceptors (Lipinski definition) is 4. The smallest absolute Gasteiger partial charge is 0.241 e. The second-order valence-corrected chi connectivity index (χ2v) is 5.60. The molecule has 2 rings (SSSR count). The zero-order chi connectivity index (χ0) is 10.5. The number of fused-ring (bicyclic) bond motifs is 1. The Hall–Kier alpha value is -1.10. The van der Waals surface area contributed by atoms with Crippen LogP contribution < -0.4 is 5.73 Å². The molecule has 14 heavy (non-hydrogen) atoms. The lowest BCUT2D eigenvalue weighted by atomic mass is 9.91. The third-order valence-electron chi connectivity index (χ3n) is 2.09. The first-order valence-electron chi connectivity index (χ1n) is 4.51. The molecule has 0 aliphatic carbocycles. The molecule has 0 aromatic carbocycles. The molecule has 0 saturated carbocycles. The molecule has 2 heterocycles. The molecule has 2 N–H and O–H groups in total. The number of thiazole rings is 1. The first-order valence-corrected chi connectivity index (χ1v) is 5.33. The van der Waals surface area contributed by atoms with Crippen molar-refractivity contribution in [1.29, 1.82) is 0 Å². The van der Waals surface area contributed by atoms with E-state index in [2.05, 4.69) is 37.8 Å². The minimum Gasteiger partial charge on any atom is -0.366 e. The molecule has 0 unspecified atom stereocenters. The van der Waals surface area contributed by atoms with Gasteiger partial charge in [-0.1, -0.05) is 32.1 Å². The van der Waals surface area contributed by atoms with Gasteiger partial charge in [0.1, 0.15) is 0 Å². The lowest BCUT2D eigenvalue weighted by Crippen LogP contribution is -2.16. The van der Waals surface area contributed by atoms with Gasteiger partial charge in [-0.05, 0) is 6.92 Å². The summed E-state index contributed by atoms with van der Waals surface area (Å²) in [4.78, 5) is 6.29.